The second-order valence-corrected chi connectivity index (χ2v) is 7.28. The van der Waals surface area contributed by atoms with Crippen LogP contribution in [0.5, 0.6) is 5.75 Å². The fourth-order valence-electron chi connectivity index (χ4n) is 3.54. The maximum absolute atomic E-state index is 9.36. The topological polar surface area (TPSA) is 62.0 Å². The van der Waals surface area contributed by atoms with Crippen LogP contribution in [-0.2, 0) is 0 Å². The fourth-order valence-corrected chi connectivity index (χ4v) is 3.54. The Balaban J connectivity index is 0.00000160. The molecule has 2 aromatic heterocycles. The van der Waals surface area contributed by atoms with Crippen molar-refractivity contribution in [2.45, 2.75) is 20.0 Å². The Hall–Kier alpha value is -1.99. The molecule has 0 unspecified atom stereocenters. The number of pyridine rings is 1. The molecular weight excluding hydrogens is 425 g/mol. The number of hydrogen-bond donors (Lipinski definition) is 1. The van der Waals surface area contributed by atoms with Crippen LogP contribution in [0.3, 0.4) is 0 Å². The predicted molar refractivity (Wildman–Crippen MR) is 125 cm³/mol. The summed E-state index contributed by atoms with van der Waals surface area (Å²) in [5, 5.41) is 10.4. The van der Waals surface area contributed by atoms with Crippen LogP contribution in [0.2, 0.25) is 0 Å². The van der Waals surface area contributed by atoms with Gasteiger partial charge in [0.05, 0.1) is 18.1 Å². The van der Waals surface area contributed by atoms with E-state index in [1.54, 1.807) is 13.2 Å². The van der Waals surface area contributed by atoms with Gasteiger partial charge in [0.2, 0.25) is 0 Å². The number of benzene rings is 1. The predicted octanol–water partition coefficient (Wildman–Crippen LogP) is 4.24. The van der Waals surface area contributed by atoms with Gasteiger partial charge >= 0.3 is 0 Å². The minimum atomic E-state index is -0.486. The van der Waals surface area contributed by atoms with Gasteiger partial charge in [-0.05, 0) is 49.9 Å². The molecule has 1 saturated heterocycles. The first-order chi connectivity index (χ1) is 13.6. The summed E-state index contributed by atoms with van der Waals surface area (Å²) >= 11 is 0. The van der Waals surface area contributed by atoms with Gasteiger partial charge in [0, 0.05) is 37.1 Å². The number of furan rings is 1. The monoisotopic (exact) mass is 453 g/mol. The van der Waals surface area contributed by atoms with E-state index in [1.165, 1.54) is 0 Å². The van der Waals surface area contributed by atoms with Crippen LogP contribution in [0.15, 0.2) is 47.1 Å². The van der Waals surface area contributed by atoms with E-state index in [0.717, 1.165) is 66.5 Å². The molecule has 3 heterocycles. The summed E-state index contributed by atoms with van der Waals surface area (Å²) in [5.74, 6) is 1.66. The quantitative estimate of drug-likeness (QED) is 0.601. The third kappa shape index (κ3) is 5.38. The first-order valence-corrected chi connectivity index (χ1v) is 9.91. The van der Waals surface area contributed by atoms with Crippen molar-refractivity contribution in [1.29, 1.82) is 0 Å². The minimum Gasteiger partial charge on any atom is -0.491 e. The molecule has 0 amide bonds. The zero-order valence-corrected chi connectivity index (χ0v) is 18.9. The number of fused-ring (bicyclic) bond motifs is 1. The normalized spacial score (nSPS) is 15.4. The molecule has 0 bridgehead atoms. The van der Waals surface area contributed by atoms with Gasteiger partial charge in [0.15, 0.2) is 11.4 Å². The number of aliphatic hydroxyl groups excluding tert-OH is 1. The van der Waals surface area contributed by atoms with Crippen molar-refractivity contribution in [3.05, 3.63) is 42.7 Å². The van der Waals surface area contributed by atoms with E-state index >= 15 is 0 Å². The molecule has 1 fully saturated rings. The van der Waals surface area contributed by atoms with Gasteiger partial charge in [-0.25, -0.2) is 4.98 Å². The molecule has 1 atom stereocenters. The lowest BCUT2D eigenvalue weighted by Gasteiger charge is -2.34. The molecule has 164 valence electrons. The average Bonchev–Trinajstić information content (AvgIpc) is 3.21. The molecule has 0 saturated carbocycles. The van der Waals surface area contributed by atoms with Crippen molar-refractivity contribution in [3.8, 4) is 17.0 Å². The number of aromatic nitrogens is 1. The van der Waals surface area contributed by atoms with Crippen molar-refractivity contribution < 1.29 is 14.3 Å². The summed E-state index contributed by atoms with van der Waals surface area (Å²) < 4.78 is 11.3. The number of piperazine rings is 1. The Bertz CT molecular complexity index is 923. The zero-order valence-electron chi connectivity index (χ0n) is 17.3. The number of aliphatic hydroxyl groups is 1. The molecule has 1 N–H and O–H groups in total. The van der Waals surface area contributed by atoms with Crippen LogP contribution < -0.4 is 9.64 Å². The molecule has 6 nitrogen and oxygen atoms in total. The number of hydrogen-bond acceptors (Lipinski definition) is 6. The van der Waals surface area contributed by atoms with Gasteiger partial charge in [0.25, 0.3) is 0 Å². The van der Waals surface area contributed by atoms with E-state index in [9.17, 15) is 5.11 Å². The van der Waals surface area contributed by atoms with Crippen LogP contribution >= 0.6 is 24.8 Å². The number of halogens is 2. The number of rotatable bonds is 6. The smallest absolute Gasteiger partial charge is 0.176 e. The van der Waals surface area contributed by atoms with Crippen molar-refractivity contribution in [2.75, 3.05) is 44.2 Å². The Morgan fingerprint density at radius 3 is 2.43 bits per heavy atom. The lowest BCUT2D eigenvalue weighted by atomic mass is 10.1. The Labute approximate surface area is 189 Å². The Morgan fingerprint density at radius 2 is 1.80 bits per heavy atom. The van der Waals surface area contributed by atoms with Crippen molar-refractivity contribution in [1.82, 2.24) is 9.88 Å². The summed E-state index contributed by atoms with van der Waals surface area (Å²) in [6.45, 7) is 9.26. The maximum Gasteiger partial charge on any atom is 0.176 e. The van der Waals surface area contributed by atoms with Crippen LogP contribution in [0.4, 0.5) is 5.82 Å². The van der Waals surface area contributed by atoms with Crippen molar-refractivity contribution in [2.24, 2.45) is 0 Å². The third-order valence-electron chi connectivity index (χ3n) is 5.18. The third-order valence-corrected chi connectivity index (χ3v) is 5.18. The van der Waals surface area contributed by atoms with E-state index in [4.69, 9.17) is 14.1 Å². The van der Waals surface area contributed by atoms with E-state index in [0.29, 0.717) is 0 Å². The van der Waals surface area contributed by atoms with Crippen LogP contribution in [-0.4, -0.2) is 60.4 Å². The Kier molecular flexibility index (Phi) is 8.79. The number of anilines is 1. The molecule has 0 radical (unpaired) electrons. The van der Waals surface area contributed by atoms with Gasteiger partial charge < -0.3 is 24.1 Å². The summed E-state index contributed by atoms with van der Waals surface area (Å²) in [7, 11) is 0. The number of nitrogens with zero attached hydrogens (tertiary/aromatic N) is 3. The standard InChI is InChI=1S/C22H27N3O3.2ClH/c1-3-24-9-11-25(12-10-24)22-21-18(8-13-27-21)14-20(23-22)17-4-6-19(7-5-17)28-15-16(2)26;;/h4-8,13-14,16,26H,3,9-12,15H2,1-2H3;2*1H/t16-;;/m0../s1. The summed E-state index contributed by atoms with van der Waals surface area (Å²) in [4.78, 5) is 9.73. The Morgan fingerprint density at radius 1 is 1.10 bits per heavy atom. The van der Waals surface area contributed by atoms with E-state index in [2.05, 4.69) is 22.8 Å². The van der Waals surface area contributed by atoms with Crippen LogP contribution in [0.1, 0.15) is 13.8 Å². The number of ether oxygens (including phenoxy) is 1. The molecule has 1 aliphatic heterocycles. The van der Waals surface area contributed by atoms with E-state index < -0.39 is 6.10 Å². The van der Waals surface area contributed by atoms with E-state index in [1.807, 2.05) is 30.3 Å². The molecule has 30 heavy (non-hydrogen) atoms. The molecule has 0 aliphatic carbocycles. The van der Waals surface area contributed by atoms with Gasteiger partial charge in [0.1, 0.15) is 12.4 Å². The molecular formula is C22H29Cl2N3O3. The van der Waals surface area contributed by atoms with Crippen LogP contribution in [0, 0.1) is 0 Å². The fraction of sp³-hybridized carbons (Fsp3) is 0.409. The lowest BCUT2D eigenvalue weighted by Crippen LogP contribution is -2.46. The minimum absolute atomic E-state index is 0. The SMILES string of the molecule is CCN1CCN(c2nc(-c3ccc(OC[C@H](C)O)cc3)cc3ccoc23)CC1.Cl.Cl. The highest BCUT2D eigenvalue weighted by molar-refractivity contribution is 5.90. The van der Waals surface area contributed by atoms with Gasteiger partial charge in [-0.15, -0.1) is 24.8 Å². The molecule has 1 aromatic carbocycles. The molecule has 0 spiro atoms. The van der Waals surface area contributed by atoms with Crippen molar-refractivity contribution in [3.63, 3.8) is 0 Å². The largest absolute Gasteiger partial charge is 0.491 e. The molecule has 4 rings (SSSR count). The van der Waals surface area contributed by atoms with Gasteiger partial charge in [-0.2, -0.15) is 0 Å². The first kappa shape index (κ1) is 24.3. The summed E-state index contributed by atoms with van der Waals surface area (Å²) in [5.41, 5.74) is 2.80. The second kappa shape index (κ2) is 10.9. The highest BCUT2D eigenvalue weighted by Gasteiger charge is 2.21. The highest BCUT2D eigenvalue weighted by Crippen LogP contribution is 2.32. The van der Waals surface area contributed by atoms with Crippen LogP contribution in [0.25, 0.3) is 22.2 Å². The molecule has 1 aliphatic rings. The average molecular weight is 454 g/mol. The van der Waals surface area contributed by atoms with E-state index in [-0.39, 0.29) is 31.4 Å². The van der Waals surface area contributed by atoms with Gasteiger partial charge in [-0.1, -0.05) is 6.92 Å². The summed E-state index contributed by atoms with van der Waals surface area (Å²) in [6.07, 6.45) is 1.25. The molecule has 3 aromatic rings. The lowest BCUT2D eigenvalue weighted by molar-refractivity contribution is 0.123. The van der Waals surface area contributed by atoms with Gasteiger partial charge in [-0.3, -0.25) is 0 Å². The summed E-state index contributed by atoms with van der Waals surface area (Å²) in [6, 6.07) is 11.9. The number of likely N-dealkylation sites (N-methyl/N-ethyl adjacent to an activating group) is 1. The van der Waals surface area contributed by atoms with Crippen molar-refractivity contribution >= 4 is 41.6 Å². The molecule has 8 heteroatoms. The highest BCUT2D eigenvalue weighted by atomic mass is 35.5. The second-order valence-electron chi connectivity index (χ2n) is 7.28. The maximum atomic E-state index is 9.36. The first-order valence-electron chi connectivity index (χ1n) is 9.91. The zero-order chi connectivity index (χ0) is 19.5.